The average molecular weight is 298 g/mol. The van der Waals surface area contributed by atoms with Gasteiger partial charge in [-0.15, -0.1) is 0 Å². The van der Waals surface area contributed by atoms with Gasteiger partial charge in [-0.1, -0.05) is 0 Å². The first-order valence-electron chi connectivity index (χ1n) is 6.23. The Balaban J connectivity index is 2.24. The molecule has 0 unspecified atom stereocenters. The van der Waals surface area contributed by atoms with E-state index < -0.39 is 15.9 Å². The molecule has 0 aromatic heterocycles. The van der Waals surface area contributed by atoms with Crippen LogP contribution in [0, 0.1) is 0 Å². The molecule has 0 aliphatic carbocycles. The first-order chi connectivity index (χ1) is 9.13. The van der Waals surface area contributed by atoms with Crippen LogP contribution in [0.2, 0.25) is 0 Å². The van der Waals surface area contributed by atoms with Crippen molar-refractivity contribution >= 4 is 21.6 Å². The molecule has 110 valence electrons. The van der Waals surface area contributed by atoms with Crippen LogP contribution < -0.4 is 5.73 Å². The van der Waals surface area contributed by atoms with Crippen molar-refractivity contribution in [2.45, 2.75) is 31.3 Å². The van der Waals surface area contributed by atoms with Gasteiger partial charge < -0.3 is 10.5 Å². The zero-order valence-corrected chi connectivity index (χ0v) is 12.5. The fraction of sp³-hybridized carbons (Fsp3) is 0.462. The molecule has 1 aromatic carbocycles. The van der Waals surface area contributed by atoms with Gasteiger partial charge in [0, 0.05) is 5.69 Å². The Morgan fingerprint density at radius 1 is 1.30 bits per heavy atom. The fourth-order valence-electron chi connectivity index (χ4n) is 1.96. The molecule has 0 saturated heterocycles. The standard InChI is InChI=1S/C13H18N2O4S/c1-13(2,3)19-7-6-15-12(16)10-8-9(14)4-5-11(10)20(15,17)18/h4-5,8H,6-7,14H2,1-3H3. The fourth-order valence-corrected chi connectivity index (χ4v) is 3.49. The van der Waals surface area contributed by atoms with Crippen LogP contribution in [-0.4, -0.2) is 37.4 Å². The number of hydrogen-bond acceptors (Lipinski definition) is 5. The lowest BCUT2D eigenvalue weighted by Gasteiger charge is -2.22. The number of sulfonamides is 1. The second-order valence-electron chi connectivity index (χ2n) is 5.60. The highest BCUT2D eigenvalue weighted by Gasteiger charge is 2.40. The normalized spacial score (nSPS) is 17.4. The summed E-state index contributed by atoms with van der Waals surface area (Å²) in [6.07, 6.45) is 0. The predicted molar refractivity (Wildman–Crippen MR) is 74.8 cm³/mol. The van der Waals surface area contributed by atoms with Crippen molar-refractivity contribution in [3.63, 3.8) is 0 Å². The number of nitrogens with zero attached hydrogens (tertiary/aromatic N) is 1. The minimum atomic E-state index is -3.78. The minimum Gasteiger partial charge on any atom is -0.399 e. The Morgan fingerprint density at radius 2 is 1.95 bits per heavy atom. The van der Waals surface area contributed by atoms with Crippen LogP contribution in [0.1, 0.15) is 31.1 Å². The molecule has 2 N–H and O–H groups in total. The molecule has 1 aliphatic heterocycles. The molecule has 6 nitrogen and oxygen atoms in total. The van der Waals surface area contributed by atoms with E-state index in [4.69, 9.17) is 10.5 Å². The van der Waals surface area contributed by atoms with Crippen molar-refractivity contribution in [2.75, 3.05) is 18.9 Å². The monoisotopic (exact) mass is 298 g/mol. The van der Waals surface area contributed by atoms with Crippen molar-refractivity contribution in [1.82, 2.24) is 4.31 Å². The Morgan fingerprint density at radius 3 is 2.55 bits per heavy atom. The number of amides is 1. The number of anilines is 1. The quantitative estimate of drug-likeness (QED) is 0.848. The zero-order chi connectivity index (χ0) is 15.1. The topological polar surface area (TPSA) is 89.7 Å². The second kappa shape index (κ2) is 4.75. The first kappa shape index (κ1) is 14.8. The van der Waals surface area contributed by atoms with Crippen molar-refractivity contribution < 1.29 is 17.9 Å². The van der Waals surface area contributed by atoms with E-state index >= 15 is 0 Å². The van der Waals surface area contributed by atoms with E-state index in [0.29, 0.717) is 5.69 Å². The first-order valence-corrected chi connectivity index (χ1v) is 7.67. The van der Waals surface area contributed by atoms with E-state index in [0.717, 1.165) is 4.31 Å². The molecule has 0 fully saturated rings. The smallest absolute Gasteiger partial charge is 0.269 e. The predicted octanol–water partition coefficient (Wildman–Crippen LogP) is 1.23. The van der Waals surface area contributed by atoms with Crippen molar-refractivity contribution in [1.29, 1.82) is 0 Å². The summed E-state index contributed by atoms with van der Waals surface area (Å²) in [6, 6.07) is 4.22. The summed E-state index contributed by atoms with van der Waals surface area (Å²) in [5.74, 6) is -0.551. The molecular weight excluding hydrogens is 280 g/mol. The number of carbonyl (C=O) groups is 1. The van der Waals surface area contributed by atoms with Gasteiger partial charge >= 0.3 is 0 Å². The van der Waals surface area contributed by atoms with Crippen molar-refractivity contribution in [3.05, 3.63) is 23.8 Å². The summed E-state index contributed by atoms with van der Waals surface area (Å²) in [7, 11) is -3.78. The number of benzene rings is 1. The van der Waals surface area contributed by atoms with E-state index in [1.165, 1.54) is 18.2 Å². The molecule has 1 amide bonds. The maximum absolute atomic E-state index is 12.3. The number of fused-ring (bicyclic) bond motifs is 1. The third-order valence-corrected chi connectivity index (χ3v) is 4.70. The summed E-state index contributed by atoms with van der Waals surface area (Å²) < 4.78 is 30.8. The number of rotatable bonds is 3. The maximum atomic E-state index is 12.3. The molecule has 7 heteroatoms. The summed E-state index contributed by atoms with van der Waals surface area (Å²) >= 11 is 0. The third-order valence-electron chi connectivity index (χ3n) is 2.86. The Labute approximate surface area is 118 Å². The van der Waals surface area contributed by atoms with E-state index in [1.54, 1.807) is 0 Å². The lowest BCUT2D eigenvalue weighted by atomic mass is 10.2. The summed E-state index contributed by atoms with van der Waals surface area (Å²) in [5.41, 5.74) is 5.70. The zero-order valence-electron chi connectivity index (χ0n) is 11.7. The molecule has 0 bridgehead atoms. The Bertz CT molecular complexity index is 647. The summed E-state index contributed by atoms with van der Waals surface area (Å²) in [5, 5.41) is 0. The molecule has 1 aliphatic rings. The number of nitrogens with two attached hydrogens (primary N) is 1. The summed E-state index contributed by atoms with van der Waals surface area (Å²) in [6.45, 7) is 5.74. The molecule has 1 heterocycles. The second-order valence-corrected chi connectivity index (χ2v) is 7.43. The highest BCUT2D eigenvalue weighted by molar-refractivity contribution is 7.90. The van der Waals surface area contributed by atoms with Gasteiger partial charge in [0.15, 0.2) is 0 Å². The van der Waals surface area contributed by atoms with Gasteiger partial charge in [-0.3, -0.25) is 4.79 Å². The molecule has 2 rings (SSSR count). The van der Waals surface area contributed by atoms with Gasteiger partial charge in [-0.05, 0) is 39.0 Å². The number of nitrogen functional groups attached to an aromatic ring is 1. The van der Waals surface area contributed by atoms with Crippen LogP contribution in [0.25, 0.3) is 0 Å². The average Bonchev–Trinajstić information content (AvgIpc) is 2.48. The number of carbonyl (C=O) groups excluding carboxylic acids is 1. The van der Waals surface area contributed by atoms with E-state index in [-0.39, 0.29) is 29.2 Å². The van der Waals surface area contributed by atoms with E-state index in [1.807, 2.05) is 20.8 Å². The Hall–Kier alpha value is -1.60. The maximum Gasteiger partial charge on any atom is 0.269 e. The highest BCUT2D eigenvalue weighted by Crippen LogP contribution is 2.31. The third kappa shape index (κ3) is 2.64. The number of hydrogen-bond donors (Lipinski definition) is 1. The van der Waals surface area contributed by atoms with E-state index in [9.17, 15) is 13.2 Å². The van der Waals surface area contributed by atoms with E-state index in [2.05, 4.69) is 0 Å². The van der Waals surface area contributed by atoms with Gasteiger partial charge in [0.25, 0.3) is 15.9 Å². The van der Waals surface area contributed by atoms with Crippen LogP contribution in [0.4, 0.5) is 5.69 Å². The summed E-state index contributed by atoms with van der Waals surface area (Å²) in [4.78, 5) is 12.2. The van der Waals surface area contributed by atoms with Crippen molar-refractivity contribution in [2.24, 2.45) is 0 Å². The van der Waals surface area contributed by atoms with Crippen LogP contribution in [-0.2, 0) is 14.8 Å². The van der Waals surface area contributed by atoms with Gasteiger partial charge in [0.2, 0.25) is 0 Å². The molecule has 0 radical (unpaired) electrons. The van der Waals surface area contributed by atoms with Crippen LogP contribution in [0.3, 0.4) is 0 Å². The lowest BCUT2D eigenvalue weighted by molar-refractivity contribution is -0.00584. The molecule has 0 atom stereocenters. The minimum absolute atomic E-state index is 0.00691. The van der Waals surface area contributed by atoms with Gasteiger partial charge in [0.05, 0.1) is 24.3 Å². The van der Waals surface area contributed by atoms with Crippen LogP contribution in [0.5, 0.6) is 0 Å². The van der Waals surface area contributed by atoms with Gasteiger partial charge in [-0.25, -0.2) is 12.7 Å². The largest absolute Gasteiger partial charge is 0.399 e. The highest BCUT2D eigenvalue weighted by atomic mass is 32.2. The van der Waals surface area contributed by atoms with Gasteiger partial charge in [0.1, 0.15) is 4.90 Å². The molecule has 0 saturated carbocycles. The van der Waals surface area contributed by atoms with Crippen LogP contribution >= 0.6 is 0 Å². The SMILES string of the molecule is CC(C)(C)OCCN1C(=O)c2cc(N)ccc2S1(=O)=O. The van der Waals surface area contributed by atoms with Crippen LogP contribution in [0.15, 0.2) is 23.1 Å². The lowest BCUT2D eigenvalue weighted by Crippen LogP contribution is -2.35. The molecule has 20 heavy (non-hydrogen) atoms. The molecule has 0 spiro atoms. The van der Waals surface area contributed by atoms with Crippen molar-refractivity contribution in [3.8, 4) is 0 Å². The Kier molecular flexibility index (Phi) is 3.51. The number of ether oxygens (including phenoxy) is 1. The molecule has 1 aromatic rings. The molecular formula is C13H18N2O4S. The van der Waals surface area contributed by atoms with Gasteiger partial charge in [-0.2, -0.15) is 0 Å².